The minimum atomic E-state index is -3.46. The van der Waals surface area contributed by atoms with Crippen LogP contribution in [0.15, 0.2) is 5.10 Å². The maximum absolute atomic E-state index is 13.2. The van der Waals surface area contributed by atoms with Gasteiger partial charge in [0.05, 0.1) is 11.9 Å². The van der Waals surface area contributed by atoms with E-state index >= 15 is 0 Å². The van der Waals surface area contributed by atoms with Crippen molar-refractivity contribution < 1.29 is 13.5 Å². The number of hydrogen-bond acceptors (Lipinski definition) is 7. The van der Waals surface area contributed by atoms with Crippen LogP contribution in [0.5, 0.6) is 0 Å². The molecule has 1 aromatic rings. The van der Waals surface area contributed by atoms with Gasteiger partial charge >= 0.3 is 0 Å². The molecule has 1 fully saturated rings. The van der Waals surface area contributed by atoms with E-state index in [0.29, 0.717) is 24.5 Å². The van der Waals surface area contributed by atoms with Crippen molar-refractivity contribution in [2.75, 3.05) is 12.8 Å². The quantitative estimate of drug-likeness (QED) is 0.750. The summed E-state index contributed by atoms with van der Waals surface area (Å²) in [5.41, 5.74) is 1.07. The number of hydrogen-bond donors (Lipinski definition) is 2. The van der Waals surface area contributed by atoms with E-state index in [1.165, 1.54) is 0 Å². The molecule has 2 aliphatic rings. The van der Waals surface area contributed by atoms with Crippen LogP contribution in [-0.2, 0) is 14.6 Å². The van der Waals surface area contributed by atoms with E-state index in [-0.39, 0.29) is 29.2 Å². The monoisotopic (exact) mass is 425 g/mol. The Morgan fingerprint density at radius 1 is 1.14 bits per heavy atom. The van der Waals surface area contributed by atoms with Gasteiger partial charge in [0.2, 0.25) is 0 Å². The highest BCUT2D eigenvalue weighted by Crippen LogP contribution is 2.36. The first-order valence-corrected chi connectivity index (χ1v) is 12.1. The zero-order valence-corrected chi connectivity index (χ0v) is 19.3. The average molecular weight is 426 g/mol. The lowest BCUT2D eigenvalue weighted by Crippen LogP contribution is -2.36. The first-order valence-electron chi connectivity index (χ1n) is 10.4. The molecule has 0 aromatic carbocycles. The second-order valence-electron chi connectivity index (χ2n) is 10.1. The molecular weight excluding hydrogens is 390 g/mol. The number of aliphatic hydroxyl groups excluding tert-OH is 1. The molecule has 0 saturated heterocycles. The van der Waals surface area contributed by atoms with Crippen molar-refractivity contribution in [1.29, 1.82) is 0 Å². The fourth-order valence-corrected chi connectivity index (χ4v) is 5.75. The van der Waals surface area contributed by atoms with E-state index < -0.39 is 14.6 Å². The van der Waals surface area contributed by atoms with Crippen LogP contribution in [0, 0.1) is 11.3 Å². The molecule has 0 spiro atoms. The normalized spacial score (nSPS) is 26.7. The van der Waals surface area contributed by atoms with Crippen LogP contribution < -0.4 is 0 Å². The molecule has 3 rings (SSSR count). The summed E-state index contributed by atoms with van der Waals surface area (Å²) in [5, 5.41) is 23.4. The maximum Gasteiger partial charge on any atom is 0.171 e. The number of aliphatic hydroxyl groups is 1. The molecule has 1 aliphatic heterocycles. The molecule has 164 valence electrons. The number of sulfone groups is 1. The lowest BCUT2D eigenvalue weighted by atomic mass is 9.87. The summed E-state index contributed by atoms with van der Waals surface area (Å²) in [6, 6.07) is -0.0659. The van der Waals surface area contributed by atoms with Crippen LogP contribution in [0.4, 0.5) is 0 Å². The van der Waals surface area contributed by atoms with E-state index in [4.69, 9.17) is 0 Å². The fourth-order valence-electron chi connectivity index (χ4n) is 4.01. The summed E-state index contributed by atoms with van der Waals surface area (Å²) in [4.78, 5) is 4.60. The second-order valence-corrected chi connectivity index (χ2v) is 12.7. The summed E-state index contributed by atoms with van der Waals surface area (Å²) in [7, 11) is -1.55. The topological polar surface area (TPSA) is 112 Å². The molecule has 1 aliphatic carbocycles. The lowest BCUT2D eigenvalue weighted by Gasteiger charge is -2.29. The molecule has 9 heteroatoms. The van der Waals surface area contributed by atoms with E-state index in [9.17, 15) is 13.5 Å². The summed E-state index contributed by atoms with van der Waals surface area (Å²) >= 11 is 0. The lowest BCUT2D eigenvalue weighted by molar-refractivity contribution is 0.113. The zero-order chi connectivity index (χ0) is 21.6. The third kappa shape index (κ3) is 4.50. The number of aromatic amines is 1. The van der Waals surface area contributed by atoms with Gasteiger partial charge in [0.15, 0.2) is 15.7 Å². The van der Waals surface area contributed by atoms with Gasteiger partial charge in [-0.25, -0.2) is 13.4 Å². The Labute approximate surface area is 174 Å². The van der Waals surface area contributed by atoms with Crippen molar-refractivity contribution in [3.8, 4) is 0 Å². The van der Waals surface area contributed by atoms with Crippen molar-refractivity contribution in [1.82, 2.24) is 20.2 Å². The van der Waals surface area contributed by atoms with Gasteiger partial charge < -0.3 is 5.11 Å². The molecule has 29 heavy (non-hydrogen) atoms. The number of nitrogens with zero attached hydrogens (tertiary/aromatic N) is 4. The number of rotatable bonds is 5. The van der Waals surface area contributed by atoms with Gasteiger partial charge in [0, 0.05) is 24.6 Å². The molecule has 8 nitrogen and oxygen atoms in total. The second kappa shape index (κ2) is 7.65. The average Bonchev–Trinajstić information content (AvgIpc) is 3.23. The van der Waals surface area contributed by atoms with Crippen molar-refractivity contribution in [2.45, 2.75) is 83.6 Å². The summed E-state index contributed by atoms with van der Waals surface area (Å²) in [6.45, 7) is 9.76. The standard InChI is InChI=1S/C20H35N5O3S/c1-19(2,3)16-11-15(25(6)24-16)17-21-18(23-22-17)20(4,5)29(27,28)12-13-7-9-14(26)10-8-13/h13-15,26H,7-12H2,1-6H3,(H,21,22,23). The molecule has 1 aromatic heterocycles. The first-order chi connectivity index (χ1) is 13.3. The van der Waals surface area contributed by atoms with Crippen LogP contribution in [0.3, 0.4) is 0 Å². The third-order valence-electron chi connectivity index (χ3n) is 6.39. The van der Waals surface area contributed by atoms with Crippen molar-refractivity contribution in [2.24, 2.45) is 16.4 Å². The third-order valence-corrected chi connectivity index (χ3v) is 9.04. The van der Waals surface area contributed by atoms with Gasteiger partial charge in [-0.05, 0) is 45.4 Å². The Morgan fingerprint density at radius 2 is 1.76 bits per heavy atom. The van der Waals surface area contributed by atoms with Crippen LogP contribution in [0.1, 0.15) is 84.4 Å². The molecule has 1 saturated carbocycles. The number of nitrogens with one attached hydrogen (secondary N) is 1. The Balaban J connectivity index is 1.75. The van der Waals surface area contributed by atoms with Crippen molar-refractivity contribution in [3.63, 3.8) is 0 Å². The van der Waals surface area contributed by atoms with E-state index in [1.807, 2.05) is 12.1 Å². The van der Waals surface area contributed by atoms with Crippen molar-refractivity contribution in [3.05, 3.63) is 11.6 Å². The molecule has 0 amide bonds. The largest absolute Gasteiger partial charge is 0.393 e. The predicted molar refractivity (Wildman–Crippen MR) is 113 cm³/mol. The molecule has 0 radical (unpaired) electrons. The van der Waals surface area contributed by atoms with Gasteiger partial charge in [-0.2, -0.15) is 10.2 Å². The minimum Gasteiger partial charge on any atom is -0.393 e. The maximum atomic E-state index is 13.2. The molecule has 1 unspecified atom stereocenters. The molecule has 1 atom stereocenters. The van der Waals surface area contributed by atoms with Crippen LogP contribution in [-0.4, -0.2) is 58.3 Å². The Kier molecular flexibility index (Phi) is 5.86. The minimum absolute atomic E-state index is 0.0257. The summed E-state index contributed by atoms with van der Waals surface area (Å²) < 4.78 is 25.2. The zero-order valence-electron chi connectivity index (χ0n) is 18.4. The highest BCUT2D eigenvalue weighted by Gasteiger charge is 2.42. The number of H-pyrrole nitrogens is 1. The molecule has 0 bridgehead atoms. The molecule has 2 N–H and O–H groups in total. The SMILES string of the molecule is CN1N=C(C(C)(C)C)CC1c1nc(C(C)(C)S(=O)(=O)CC2CCC(O)CC2)n[nH]1. The summed E-state index contributed by atoms with van der Waals surface area (Å²) in [6.07, 6.45) is 3.30. The molecule has 2 heterocycles. The summed E-state index contributed by atoms with van der Waals surface area (Å²) in [5.74, 6) is 1.15. The van der Waals surface area contributed by atoms with E-state index in [1.54, 1.807) is 13.8 Å². The Hall–Kier alpha value is -1.48. The van der Waals surface area contributed by atoms with E-state index in [0.717, 1.165) is 25.0 Å². The van der Waals surface area contributed by atoms with Crippen LogP contribution in [0.2, 0.25) is 0 Å². The van der Waals surface area contributed by atoms with Gasteiger partial charge in [-0.1, -0.05) is 20.8 Å². The molecular formula is C20H35N5O3S. The number of hydrazone groups is 1. The number of aromatic nitrogens is 3. The van der Waals surface area contributed by atoms with Gasteiger partial charge in [0.1, 0.15) is 16.6 Å². The van der Waals surface area contributed by atoms with Gasteiger partial charge in [-0.3, -0.25) is 10.1 Å². The Morgan fingerprint density at radius 3 is 2.31 bits per heavy atom. The van der Waals surface area contributed by atoms with E-state index in [2.05, 4.69) is 41.1 Å². The fraction of sp³-hybridized carbons (Fsp3) is 0.850. The van der Waals surface area contributed by atoms with Gasteiger partial charge in [-0.15, -0.1) is 0 Å². The first kappa shape index (κ1) is 22.2. The van der Waals surface area contributed by atoms with Crippen molar-refractivity contribution >= 4 is 15.5 Å². The predicted octanol–water partition coefficient (Wildman–Crippen LogP) is 2.78. The van der Waals surface area contributed by atoms with Crippen LogP contribution >= 0.6 is 0 Å². The smallest absolute Gasteiger partial charge is 0.171 e. The highest BCUT2D eigenvalue weighted by molar-refractivity contribution is 7.92. The van der Waals surface area contributed by atoms with Crippen LogP contribution in [0.25, 0.3) is 0 Å². The Bertz CT molecular complexity index is 861. The highest BCUT2D eigenvalue weighted by atomic mass is 32.2. The van der Waals surface area contributed by atoms with Gasteiger partial charge in [0.25, 0.3) is 0 Å².